The van der Waals surface area contributed by atoms with Gasteiger partial charge in [0, 0.05) is 37.0 Å². The van der Waals surface area contributed by atoms with Crippen LogP contribution < -0.4 is 10.2 Å². The van der Waals surface area contributed by atoms with Crippen LogP contribution in [0, 0.1) is 10.1 Å². The van der Waals surface area contributed by atoms with Gasteiger partial charge in [0.05, 0.1) is 23.7 Å². The second kappa shape index (κ2) is 7.76. The van der Waals surface area contributed by atoms with Crippen LogP contribution in [0.3, 0.4) is 0 Å². The van der Waals surface area contributed by atoms with Crippen molar-refractivity contribution in [2.75, 3.05) is 31.2 Å². The lowest BCUT2D eigenvalue weighted by atomic mass is 10.1. The fourth-order valence-electron chi connectivity index (χ4n) is 2.85. The average Bonchev–Trinajstić information content (AvgIpc) is 2.67. The first-order valence-corrected chi connectivity index (χ1v) is 8.09. The predicted molar refractivity (Wildman–Crippen MR) is 93.7 cm³/mol. The monoisotopic (exact) mass is 341 g/mol. The number of anilines is 1. The summed E-state index contributed by atoms with van der Waals surface area (Å²) < 4.78 is 5.36. The lowest BCUT2D eigenvalue weighted by Gasteiger charge is -2.30. The fraction of sp³-hybridized carbons (Fsp3) is 0.278. The van der Waals surface area contributed by atoms with Crippen LogP contribution in [-0.2, 0) is 11.3 Å². The van der Waals surface area contributed by atoms with Gasteiger partial charge in [-0.25, -0.2) is 0 Å². The Morgan fingerprint density at radius 1 is 1.12 bits per heavy atom. The van der Waals surface area contributed by atoms with Crippen molar-refractivity contribution < 1.29 is 14.5 Å². The molecule has 25 heavy (non-hydrogen) atoms. The Hall–Kier alpha value is -2.93. The molecule has 7 nitrogen and oxygen atoms in total. The second-order valence-electron chi connectivity index (χ2n) is 5.69. The number of para-hydroxylation sites is 2. The van der Waals surface area contributed by atoms with Gasteiger partial charge < -0.3 is 15.0 Å². The van der Waals surface area contributed by atoms with Crippen molar-refractivity contribution in [3.63, 3.8) is 0 Å². The highest BCUT2D eigenvalue weighted by atomic mass is 16.6. The zero-order chi connectivity index (χ0) is 17.6. The van der Waals surface area contributed by atoms with Crippen molar-refractivity contribution in [2.45, 2.75) is 6.54 Å². The van der Waals surface area contributed by atoms with Crippen molar-refractivity contribution in [3.8, 4) is 0 Å². The molecule has 0 radical (unpaired) electrons. The number of nitro groups is 1. The van der Waals surface area contributed by atoms with Crippen molar-refractivity contribution in [1.29, 1.82) is 0 Å². The minimum Gasteiger partial charge on any atom is -0.378 e. The molecule has 1 N–H and O–H groups in total. The van der Waals surface area contributed by atoms with E-state index in [2.05, 4.69) is 10.2 Å². The predicted octanol–water partition coefficient (Wildman–Crippen LogP) is 2.36. The van der Waals surface area contributed by atoms with Crippen molar-refractivity contribution >= 4 is 17.3 Å². The van der Waals surface area contributed by atoms with Gasteiger partial charge in [0.15, 0.2) is 0 Å². The van der Waals surface area contributed by atoms with Crippen LogP contribution in [0.15, 0.2) is 48.5 Å². The molecule has 1 fully saturated rings. The number of amides is 1. The van der Waals surface area contributed by atoms with Gasteiger partial charge in [-0.05, 0) is 12.1 Å². The van der Waals surface area contributed by atoms with E-state index in [4.69, 9.17) is 4.74 Å². The Labute approximate surface area is 145 Å². The van der Waals surface area contributed by atoms with E-state index in [9.17, 15) is 14.9 Å². The Balaban J connectivity index is 1.75. The number of hydrogen-bond acceptors (Lipinski definition) is 5. The third kappa shape index (κ3) is 3.95. The first kappa shape index (κ1) is 16.9. The van der Waals surface area contributed by atoms with Crippen LogP contribution >= 0.6 is 0 Å². The molecule has 2 aromatic rings. The number of carbonyl (C=O) groups excluding carboxylic acids is 1. The highest BCUT2D eigenvalue weighted by Gasteiger charge is 2.19. The molecule has 1 heterocycles. The molecule has 3 rings (SSSR count). The molecular weight excluding hydrogens is 322 g/mol. The van der Waals surface area contributed by atoms with E-state index in [-0.39, 0.29) is 18.1 Å². The third-order valence-electron chi connectivity index (χ3n) is 4.13. The molecule has 1 amide bonds. The normalized spacial score (nSPS) is 14.2. The lowest BCUT2D eigenvalue weighted by Crippen LogP contribution is -2.37. The maximum Gasteiger partial charge on any atom is 0.274 e. The van der Waals surface area contributed by atoms with Gasteiger partial charge >= 0.3 is 0 Å². The Kier molecular flexibility index (Phi) is 5.25. The molecule has 1 aliphatic heterocycles. The molecule has 2 aromatic carbocycles. The summed E-state index contributed by atoms with van der Waals surface area (Å²) in [5.41, 5.74) is 1.89. The molecule has 0 spiro atoms. The number of hydrogen-bond donors (Lipinski definition) is 1. The van der Waals surface area contributed by atoms with E-state index in [0.29, 0.717) is 24.3 Å². The molecule has 0 saturated carbocycles. The van der Waals surface area contributed by atoms with Gasteiger partial charge in [-0.3, -0.25) is 14.9 Å². The van der Waals surface area contributed by atoms with Crippen molar-refractivity contribution in [3.05, 3.63) is 69.8 Å². The van der Waals surface area contributed by atoms with E-state index in [0.717, 1.165) is 18.8 Å². The lowest BCUT2D eigenvalue weighted by molar-refractivity contribution is -0.385. The van der Waals surface area contributed by atoms with Crippen LogP contribution in [0.5, 0.6) is 0 Å². The molecule has 130 valence electrons. The molecular formula is C18H19N3O4. The maximum atomic E-state index is 12.6. The number of morpholine rings is 1. The Morgan fingerprint density at radius 3 is 2.56 bits per heavy atom. The number of nitrogens with one attached hydrogen (secondary N) is 1. The van der Waals surface area contributed by atoms with Crippen LogP contribution in [0.1, 0.15) is 15.9 Å². The van der Waals surface area contributed by atoms with Crippen molar-refractivity contribution in [1.82, 2.24) is 5.32 Å². The Morgan fingerprint density at radius 2 is 1.80 bits per heavy atom. The second-order valence-corrected chi connectivity index (χ2v) is 5.69. The fourth-order valence-corrected chi connectivity index (χ4v) is 2.85. The quantitative estimate of drug-likeness (QED) is 0.667. The first-order chi connectivity index (χ1) is 12.2. The van der Waals surface area contributed by atoms with E-state index in [1.165, 1.54) is 6.07 Å². The van der Waals surface area contributed by atoms with Gasteiger partial charge in [-0.2, -0.15) is 0 Å². The summed E-state index contributed by atoms with van der Waals surface area (Å²) in [6.07, 6.45) is 0. The van der Waals surface area contributed by atoms with Gasteiger partial charge in [0.1, 0.15) is 0 Å². The molecule has 0 aliphatic carbocycles. The van der Waals surface area contributed by atoms with Gasteiger partial charge in [0.2, 0.25) is 0 Å². The zero-order valence-electron chi connectivity index (χ0n) is 13.7. The highest BCUT2D eigenvalue weighted by Crippen LogP contribution is 2.22. The van der Waals surface area contributed by atoms with E-state index in [1.54, 1.807) is 24.3 Å². The number of ether oxygens (including phenoxy) is 1. The summed E-state index contributed by atoms with van der Waals surface area (Å²) >= 11 is 0. The van der Waals surface area contributed by atoms with E-state index >= 15 is 0 Å². The van der Waals surface area contributed by atoms with Crippen LogP contribution in [0.4, 0.5) is 11.4 Å². The summed E-state index contributed by atoms with van der Waals surface area (Å²) in [7, 11) is 0. The third-order valence-corrected chi connectivity index (χ3v) is 4.13. The summed E-state index contributed by atoms with van der Waals surface area (Å²) in [4.78, 5) is 25.4. The number of benzene rings is 2. The number of rotatable bonds is 5. The Bertz CT molecular complexity index is 772. The van der Waals surface area contributed by atoms with Crippen molar-refractivity contribution in [2.24, 2.45) is 0 Å². The molecule has 0 unspecified atom stereocenters. The smallest absolute Gasteiger partial charge is 0.274 e. The van der Waals surface area contributed by atoms with Crippen LogP contribution in [0.2, 0.25) is 0 Å². The summed E-state index contributed by atoms with van der Waals surface area (Å²) in [6.45, 7) is 2.83. The number of nitrogens with zero attached hydrogens (tertiary/aromatic N) is 2. The minimum absolute atomic E-state index is 0.00395. The summed E-state index contributed by atoms with van der Waals surface area (Å²) in [5.74, 6) is -0.250. The van der Waals surface area contributed by atoms with E-state index < -0.39 is 4.92 Å². The van der Waals surface area contributed by atoms with Crippen LogP contribution in [0.25, 0.3) is 0 Å². The summed E-state index contributed by atoms with van der Waals surface area (Å²) in [6, 6.07) is 13.8. The molecule has 0 bridgehead atoms. The average molecular weight is 341 g/mol. The first-order valence-electron chi connectivity index (χ1n) is 8.09. The molecule has 7 heteroatoms. The molecule has 1 aliphatic rings. The minimum atomic E-state index is -0.441. The number of nitro benzene ring substituents is 1. The van der Waals surface area contributed by atoms with Gasteiger partial charge in [-0.1, -0.05) is 30.3 Å². The SMILES string of the molecule is O=C(NCc1ccccc1[N+](=O)[O-])c1ccccc1N1CCOCC1. The molecule has 1 saturated heterocycles. The topological polar surface area (TPSA) is 84.7 Å². The number of carbonyl (C=O) groups is 1. The standard InChI is InChI=1S/C18H19N3O4/c22-18(19-13-14-5-1-3-7-16(14)21(23)24)15-6-2-4-8-17(15)20-9-11-25-12-10-20/h1-8H,9-13H2,(H,19,22). The van der Waals surface area contributed by atoms with E-state index in [1.807, 2.05) is 18.2 Å². The van der Waals surface area contributed by atoms with Gasteiger partial charge in [0.25, 0.3) is 11.6 Å². The van der Waals surface area contributed by atoms with Crippen LogP contribution in [-0.4, -0.2) is 37.1 Å². The van der Waals surface area contributed by atoms with Gasteiger partial charge in [-0.15, -0.1) is 0 Å². The maximum absolute atomic E-state index is 12.6. The zero-order valence-corrected chi connectivity index (χ0v) is 13.7. The summed E-state index contributed by atoms with van der Waals surface area (Å²) in [5, 5.41) is 13.9. The largest absolute Gasteiger partial charge is 0.378 e. The molecule has 0 atom stereocenters. The molecule has 0 aromatic heterocycles. The highest BCUT2D eigenvalue weighted by molar-refractivity contribution is 5.99.